The molecule has 4 rings (SSSR count). The molecular formula is C19H19FN4OS2. The van der Waals surface area contributed by atoms with Crippen LogP contribution >= 0.6 is 23.1 Å². The van der Waals surface area contributed by atoms with E-state index in [0.717, 1.165) is 33.5 Å². The van der Waals surface area contributed by atoms with Crippen molar-refractivity contribution in [2.24, 2.45) is 0 Å². The Morgan fingerprint density at radius 3 is 2.67 bits per heavy atom. The zero-order valence-corrected chi connectivity index (χ0v) is 16.3. The van der Waals surface area contributed by atoms with Gasteiger partial charge in [0.15, 0.2) is 5.13 Å². The highest BCUT2D eigenvalue weighted by Gasteiger charge is 2.23. The highest BCUT2D eigenvalue weighted by molar-refractivity contribution is 7.99. The molecule has 3 heterocycles. The molecule has 1 amide bonds. The van der Waals surface area contributed by atoms with Gasteiger partial charge >= 0.3 is 0 Å². The van der Waals surface area contributed by atoms with Crippen molar-refractivity contribution in [3.8, 4) is 0 Å². The molecule has 1 fully saturated rings. The Labute approximate surface area is 165 Å². The molecule has 5 nitrogen and oxygen atoms in total. The van der Waals surface area contributed by atoms with E-state index in [9.17, 15) is 9.18 Å². The highest BCUT2D eigenvalue weighted by atomic mass is 32.2. The van der Waals surface area contributed by atoms with Crippen molar-refractivity contribution in [2.75, 3.05) is 36.8 Å². The van der Waals surface area contributed by atoms with Crippen molar-refractivity contribution in [3.05, 3.63) is 48.4 Å². The van der Waals surface area contributed by atoms with Gasteiger partial charge < -0.3 is 9.80 Å². The van der Waals surface area contributed by atoms with Crippen molar-refractivity contribution in [2.45, 2.75) is 11.3 Å². The minimum absolute atomic E-state index is 0.176. The van der Waals surface area contributed by atoms with E-state index in [0.29, 0.717) is 25.3 Å². The lowest BCUT2D eigenvalue weighted by atomic mass is 10.3. The van der Waals surface area contributed by atoms with Crippen LogP contribution in [-0.2, 0) is 4.79 Å². The van der Waals surface area contributed by atoms with Crippen LogP contribution in [0.5, 0.6) is 0 Å². The third-order valence-electron chi connectivity index (χ3n) is 4.46. The molecule has 1 aliphatic rings. The van der Waals surface area contributed by atoms with Gasteiger partial charge in [-0.15, -0.1) is 11.8 Å². The SMILES string of the molecule is O=C(CCSc1ccc(F)cc1)N1CCN(c2nc3cccnc3s2)CC1. The predicted octanol–water partition coefficient (Wildman–Crippen LogP) is 3.66. The number of thioether (sulfide) groups is 1. The molecule has 0 N–H and O–H groups in total. The molecule has 3 aromatic rings. The molecule has 1 aromatic carbocycles. The van der Waals surface area contributed by atoms with Crippen LogP contribution < -0.4 is 4.90 Å². The minimum atomic E-state index is -0.239. The van der Waals surface area contributed by atoms with Gasteiger partial charge in [0.2, 0.25) is 5.91 Å². The molecule has 0 atom stereocenters. The number of carbonyl (C=O) groups is 1. The number of anilines is 1. The maximum absolute atomic E-state index is 12.9. The average molecular weight is 403 g/mol. The van der Waals surface area contributed by atoms with Crippen LogP contribution in [0.25, 0.3) is 10.3 Å². The average Bonchev–Trinajstić information content (AvgIpc) is 3.14. The number of benzene rings is 1. The Morgan fingerprint density at radius 1 is 1.15 bits per heavy atom. The second-order valence-electron chi connectivity index (χ2n) is 6.24. The summed E-state index contributed by atoms with van der Waals surface area (Å²) in [5.74, 6) is 0.640. The molecule has 0 saturated carbocycles. The second-order valence-corrected chi connectivity index (χ2v) is 8.37. The summed E-state index contributed by atoms with van der Waals surface area (Å²) in [4.78, 5) is 27.5. The molecule has 0 spiro atoms. The predicted molar refractivity (Wildman–Crippen MR) is 108 cm³/mol. The van der Waals surface area contributed by atoms with Gasteiger partial charge in [-0.25, -0.2) is 14.4 Å². The molecule has 140 valence electrons. The summed E-state index contributed by atoms with van der Waals surface area (Å²) in [7, 11) is 0. The lowest BCUT2D eigenvalue weighted by molar-refractivity contribution is -0.131. The number of fused-ring (bicyclic) bond motifs is 1. The van der Waals surface area contributed by atoms with Crippen LogP contribution in [0, 0.1) is 5.82 Å². The van der Waals surface area contributed by atoms with Gasteiger partial charge in [-0.1, -0.05) is 11.3 Å². The van der Waals surface area contributed by atoms with E-state index < -0.39 is 0 Å². The first-order chi connectivity index (χ1) is 13.2. The molecule has 2 aromatic heterocycles. The summed E-state index contributed by atoms with van der Waals surface area (Å²) in [5, 5.41) is 0.975. The molecule has 1 aliphatic heterocycles. The van der Waals surface area contributed by atoms with E-state index in [1.165, 1.54) is 12.1 Å². The summed E-state index contributed by atoms with van der Waals surface area (Å²) in [6, 6.07) is 10.3. The van der Waals surface area contributed by atoms with E-state index in [1.54, 1.807) is 41.4 Å². The zero-order chi connectivity index (χ0) is 18.6. The topological polar surface area (TPSA) is 49.3 Å². The quantitative estimate of drug-likeness (QED) is 0.610. The fourth-order valence-electron chi connectivity index (χ4n) is 2.99. The molecule has 1 saturated heterocycles. The van der Waals surface area contributed by atoms with E-state index in [4.69, 9.17) is 0 Å². The van der Waals surface area contributed by atoms with Gasteiger partial charge in [0.05, 0.1) is 0 Å². The fraction of sp³-hybridized carbons (Fsp3) is 0.316. The number of carbonyl (C=O) groups excluding carboxylic acids is 1. The molecule has 0 unspecified atom stereocenters. The molecule has 0 radical (unpaired) electrons. The van der Waals surface area contributed by atoms with Gasteiger partial charge in [-0.05, 0) is 36.4 Å². The Balaban J connectivity index is 1.25. The van der Waals surface area contributed by atoms with Gasteiger partial charge in [-0.3, -0.25) is 4.79 Å². The van der Waals surface area contributed by atoms with Crippen molar-refractivity contribution < 1.29 is 9.18 Å². The molecule has 0 bridgehead atoms. The minimum Gasteiger partial charge on any atom is -0.344 e. The van der Waals surface area contributed by atoms with Gasteiger partial charge in [0.25, 0.3) is 0 Å². The Hall–Kier alpha value is -2.19. The van der Waals surface area contributed by atoms with Crippen LogP contribution in [0.3, 0.4) is 0 Å². The number of amides is 1. The Morgan fingerprint density at radius 2 is 1.93 bits per heavy atom. The number of hydrogen-bond acceptors (Lipinski definition) is 6. The Kier molecular flexibility index (Phi) is 5.54. The van der Waals surface area contributed by atoms with Crippen LogP contribution in [0.2, 0.25) is 0 Å². The number of aromatic nitrogens is 2. The maximum Gasteiger partial charge on any atom is 0.223 e. The van der Waals surface area contributed by atoms with Crippen LogP contribution in [0.15, 0.2) is 47.5 Å². The lowest BCUT2D eigenvalue weighted by Gasteiger charge is -2.34. The molecule has 27 heavy (non-hydrogen) atoms. The van der Waals surface area contributed by atoms with Crippen LogP contribution in [0.1, 0.15) is 6.42 Å². The van der Waals surface area contributed by atoms with Gasteiger partial charge in [0.1, 0.15) is 16.2 Å². The van der Waals surface area contributed by atoms with Crippen LogP contribution in [-0.4, -0.2) is 52.7 Å². The maximum atomic E-state index is 12.9. The van der Waals surface area contributed by atoms with Crippen molar-refractivity contribution in [3.63, 3.8) is 0 Å². The van der Waals surface area contributed by atoms with Crippen molar-refractivity contribution in [1.29, 1.82) is 0 Å². The summed E-state index contributed by atoms with van der Waals surface area (Å²) in [6.07, 6.45) is 2.28. The normalized spacial score (nSPS) is 14.7. The van der Waals surface area contributed by atoms with Crippen LogP contribution in [0.4, 0.5) is 9.52 Å². The van der Waals surface area contributed by atoms with E-state index in [-0.39, 0.29) is 11.7 Å². The Bertz CT molecular complexity index is 890. The lowest BCUT2D eigenvalue weighted by Crippen LogP contribution is -2.48. The number of hydrogen-bond donors (Lipinski definition) is 0. The number of pyridine rings is 1. The van der Waals surface area contributed by atoms with Crippen molar-refractivity contribution in [1.82, 2.24) is 14.9 Å². The molecule has 0 aliphatic carbocycles. The number of halogens is 1. The third kappa shape index (κ3) is 4.39. The number of nitrogens with zero attached hydrogens (tertiary/aromatic N) is 4. The first-order valence-corrected chi connectivity index (χ1v) is 10.6. The summed E-state index contributed by atoms with van der Waals surface area (Å²) in [6.45, 7) is 3.00. The van der Waals surface area contributed by atoms with E-state index in [2.05, 4.69) is 14.9 Å². The first-order valence-electron chi connectivity index (χ1n) is 8.82. The molecular weight excluding hydrogens is 383 g/mol. The highest BCUT2D eigenvalue weighted by Crippen LogP contribution is 2.27. The largest absolute Gasteiger partial charge is 0.344 e. The molecule has 8 heteroatoms. The number of rotatable bonds is 5. The summed E-state index contributed by atoms with van der Waals surface area (Å²) in [5.41, 5.74) is 0.925. The summed E-state index contributed by atoms with van der Waals surface area (Å²) >= 11 is 3.18. The second kappa shape index (κ2) is 8.22. The zero-order valence-electron chi connectivity index (χ0n) is 14.7. The van der Waals surface area contributed by atoms with Gasteiger partial charge in [-0.2, -0.15) is 0 Å². The monoisotopic (exact) mass is 402 g/mol. The smallest absolute Gasteiger partial charge is 0.223 e. The third-order valence-corrected chi connectivity index (χ3v) is 6.51. The fourth-order valence-corrected chi connectivity index (χ4v) is 4.79. The number of thiazole rings is 1. The standard InChI is InChI=1S/C19H19FN4OS2/c20-14-3-5-15(6-4-14)26-13-7-17(25)23-9-11-24(12-10-23)19-22-16-2-1-8-21-18(16)27-19/h1-6,8H,7,9-13H2. The van der Waals surface area contributed by atoms with Crippen molar-refractivity contribution >= 4 is 44.5 Å². The summed E-state index contributed by atoms with van der Waals surface area (Å²) < 4.78 is 12.9. The number of piperazine rings is 1. The first kappa shape index (κ1) is 18.2. The van der Waals surface area contributed by atoms with E-state index >= 15 is 0 Å². The van der Waals surface area contributed by atoms with Gasteiger partial charge in [0, 0.05) is 49.4 Å². The van der Waals surface area contributed by atoms with E-state index in [1.807, 2.05) is 17.0 Å².